The molecular formula is C14H23FIN3O. The van der Waals surface area contributed by atoms with Crippen LogP contribution in [0.4, 0.5) is 4.39 Å². The molecule has 1 aromatic carbocycles. The van der Waals surface area contributed by atoms with Crippen LogP contribution in [0, 0.1) is 5.82 Å². The first-order chi connectivity index (χ1) is 9.06. The van der Waals surface area contributed by atoms with Crippen molar-refractivity contribution >= 4 is 29.9 Å². The van der Waals surface area contributed by atoms with Crippen molar-refractivity contribution in [3.05, 3.63) is 30.1 Å². The summed E-state index contributed by atoms with van der Waals surface area (Å²) in [6.07, 6.45) is -0.157. The zero-order chi connectivity index (χ0) is 14.3. The third kappa shape index (κ3) is 6.40. The molecule has 2 N–H and O–H groups in total. The summed E-state index contributed by atoms with van der Waals surface area (Å²) >= 11 is 0. The van der Waals surface area contributed by atoms with Crippen LogP contribution in [0.25, 0.3) is 0 Å². The summed E-state index contributed by atoms with van der Waals surface area (Å²) in [6, 6.07) is 6.07. The van der Waals surface area contributed by atoms with E-state index in [1.807, 2.05) is 25.7 Å². The topological polar surface area (TPSA) is 50.8 Å². The zero-order valence-corrected chi connectivity index (χ0v) is 14.5. The Balaban J connectivity index is 0.00000361. The minimum Gasteiger partial charge on any atom is -0.489 e. The second kappa shape index (κ2) is 9.79. The summed E-state index contributed by atoms with van der Waals surface area (Å²) in [5.41, 5.74) is 5.87. The first-order valence-corrected chi connectivity index (χ1v) is 6.53. The molecule has 0 radical (unpaired) electrons. The molecule has 0 aliphatic heterocycles. The van der Waals surface area contributed by atoms with Crippen LogP contribution in [0.3, 0.4) is 0 Å². The molecule has 1 rings (SSSR count). The average molecular weight is 395 g/mol. The number of hydrogen-bond donors (Lipinski definition) is 1. The molecule has 6 heteroatoms. The van der Waals surface area contributed by atoms with Crippen LogP contribution in [0.2, 0.25) is 0 Å². The van der Waals surface area contributed by atoms with Gasteiger partial charge in [0.25, 0.3) is 0 Å². The number of halogens is 2. The van der Waals surface area contributed by atoms with Gasteiger partial charge in [-0.2, -0.15) is 0 Å². The van der Waals surface area contributed by atoms with Crippen LogP contribution in [-0.2, 0) is 0 Å². The van der Waals surface area contributed by atoms with E-state index in [2.05, 4.69) is 4.99 Å². The maximum absolute atomic E-state index is 13.0. The van der Waals surface area contributed by atoms with Gasteiger partial charge in [-0.05, 0) is 32.9 Å². The summed E-state index contributed by atoms with van der Waals surface area (Å²) in [4.78, 5) is 6.25. The Morgan fingerprint density at radius 1 is 1.40 bits per heavy atom. The van der Waals surface area contributed by atoms with Gasteiger partial charge in [-0.25, -0.2) is 9.38 Å². The van der Waals surface area contributed by atoms with Crippen molar-refractivity contribution in [1.29, 1.82) is 0 Å². The van der Waals surface area contributed by atoms with E-state index in [1.54, 1.807) is 12.1 Å². The molecule has 0 spiro atoms. The van der Waals surface area contributed by atoms with Crippen molar-refractivity contribution in [2.24, 2.45) is 10.7 Å². The second-order valence-electron chi connectivity index (χ2n) is 4.26. The number of hydrogen-bond acceptors (Lipinski definition) is 2. The molecule has 0 saturated carbocycles. The fourth-order valence-electron chi connectivity index (χ4n) is 1.68. The number of ether oxygens (including phenoxy) is 1. The summed E-state index contributed by atoms with van der Waals surface area (Å²) in [7, 11) is 0. The van der Waals surface area contributed by atoms with E-state index in [4.69, 9.17) is 10.5 Å². The molecule has 0 aliphatic rings. The van der Waals surface area contributed by atoms with Crippen molar-refractivity contribution in [3.8, 4) is 5.75 Å². The molecule has 0 amide bonds. The van der Waals surface area contributed by atoms with Gasteiger partial charge >= 0.3 is 0 Å². The molecule has 0 saturated heterocycles. The highest BCUT2D eigenvalue weighted by molar-refractivity contribution is 14.0. The monoisotopic (exact) mass is 395 g/mol. The molecule has 4 nitrogen and oxygen atoms in total. The van der Waals surface area contributed by atoms with Crippen LogP contribution in [0.1, 0.15) is 20.8 Å². The largest absolute Gasteiger partial charge is 0.489 e. The number of nitrogens with two attached hydrogens (primary N) is 1. The summed E-state index contributed by atoms with van der Waals surface area (Å²) in [6.45, 7) is 8.02. The highest BCUT2D eigenvalue weighted by Crippen LogP contribution is 2.13. The van der Waals surface area contributed by atoms with E-state index in [0.717, 1.165) is 13.1 Å². The Kier molecular flexibility index (Phi) is 9.28. The number of nitrogens with zero attached hydrogens (tertiary/aromatic N) is 2. The van der Waals surface area contributed by atoms with Gasteiger partial charge in [0.2, 0.25) is 0 Å². The Morgan fingerprint density at radius 2 is 2.05 bits per heavy atom. The normalized spacial score (nSPS) is 12.5. The number of aliphatic imine (C=N–C) groups is 1. The number of guanidine groups is 1. The Labute approximate surface area is 137 Å². The number of rotatable bonds is 6. The zero-order valence-electron chi connectivity index (χ0n) is 12.2. The van der Waals surface area contributed by atoms with E-state index < -0.39 is 0 Å². The van der Waals surface area contributed by atoms with E-state index >= 15 is 0 Å². The van der Waals surface area contributed by atoms with Gasteiger partial charge in [0, 0.05) is 19.2 Å². The minimum absolute atomic E-state index is 0. The molecule has 1 unspecified atom stereocenters. The molecular weight excluding hydrogens is 372 g/mol. The minimum atomic E-state index is -0.309. The van der Waals surface area contributed by atoms with Gasteiger partial charge < -0.3 is 15.4 Å². The first-order valence-electron chi connectivity index (χ1n) is 6.53. The molecule has 1 atom stereocenters. The standard InChI is InChI=1S/C14H22FN3O.HI/c1-4-18(5-2)14(16)17-10-11(3)19-13-8-6-7-12(15)9-13;/h6-9,11H,4-5,10H2,1-3H3,(H2,16,17);1H. The SMILES string of the molecule is CCN(CC)C(N)=NCC(C)Oc1cccc(F)c1.I. The first kappa shape index (κ1) is 18.9. The molecule has 20 heavy (non-hydrogen) atoms. The Bertz CT molecular complexity index is 425. The van der Waals surface area contributed by atoms with E-state index in [1.165, 1.54) is 12.1 Å². The Morgan fingerprint density at radius 3 is 2.60 bits per heavy atom. The van der Waals surface area contributed by atoms with Gasteiger partial charge in [-0.15, -0.1) is 24.0 Å². The van der Waals surface area contributed by atoms with Crippen molar-refractivity contribution < 1.29 is 9.13 Å². The van der Waals surface area contributed by atoms with Crippen LogP contribution in [0.15, 0.2) is 29.3 Å². The van der Waals surface area contributed by atoms with E-state index in [-0.39, 0.29) is 35.9 Å². The highest BCUT2D eigenvalue weighted by atomic mass is 127. The van der Waals surface area contributed by atoms with Crippen molar-refractivity contribution in [1.82, 2.24) is 4.90 Å². The maximum atomic E-state index is 13.0. The lowest BCUT2D eigenvalue weighted by atomic mass is 10.3. The van der Waals surface area contributed by atoms with Crippen LogP contribution >= 0.6 is 24.0 Å². The van der Waals surface area contributed by atoms with Crippen molar-refractivity contribution in [2.45, 2.75) is 26.9 Å². The molecule has 0 aromatic heterocycles. The predicted octanol–water partition coefficient (Wildman–Crippen LogP) is 2.87. The van der Waals surface area contributed by atoms with Crippen LogP contribution in [-0.4, -0.2) is 36.6 Å². The van der Waals surface area contributed by atoms with Gasteiger partial charge in [-0.1, -0.05) is 6.07 Å². The third-order valence-corrected chi connectivity index (χ3v) is 2.73. The van der Waals surface area contributed by atoms with Crippen LogP contribution in [0.5, 0.6) is 5.75 Å². The summed E-state index contributed by atoms with van der Waals surface area (Å²) in [5, 5.41) is 0. The molecule has 0 fully saturated rings. The fourth-order valence-corrected chi connectivity index (χ4v) is 1.68. The van der Waals surface area contributed by atoms with Gasteiger partial charge in [0.05, 0.1) is 6.54 Å². The van der Waals surface area contributed by atoms with E-state index in [9.17, 15) is 4.39 Å². The van der Waals surface area contributed by atoms with E-state index in [0.29, 0.717) is 18.3 Å². The van der Waals surface area contributed by atoms with Crippen molar-refractivity contribution in [2.75, 3.05) is 19.6 Å². The smallest absolute Gasteiger partial charge is 0.191 e. The van der Waals surface area contributed by atoms with Gasteiger partial charge in [0.15, 0.2) is 5.96 Å². The number of benzene rings is 1. The summed E-state index contributed by atoms with van der Waals surface area (Å²) < 4.78 is 18.6. The van der Waals surface area contributed by atoms with Gasteiger partial charge in [0.1, 0.15) is 17.7 Å². The predicted molar refractivity (Wildman–Crippen MR) is 91.3 cm³/mol. The lowest BCUT2D eigenvalue weighted by Gasteiger charge is -2.20. The van der Waals surface area contributed by atoms with Crippen LogP contribution < -0.4 is 10.5 Å². The quantitative estimate of drug-likeness (QED) is 0.458. The second-order valence-corrected chi connectivity index (χ2v) is 4.26. The highest BCUT2D eigenvalue weighted by Gasteiger charge is 2.06. The fraction of sp³-hybridized carbons (Fsp3) is 0.500. The van der Waals surface area contributed by atoms with Crippen molar-refractivity contribution in [3.63, 3.8) is 0 Å². The molecule has 0 bridgehead atoms. The lowest BCUT2D eigenvalue weighted by molar-refractivity contribution is 0.229. The third-order valence-electron chi connectivity index (χ3n) is 2.73. The molecule has 114 valence electrons. The Hall–Kier alpha value is -1.05. The maximum Gasteiger partial charge on any atom is 0.191 e. The average Bonchev–Trinajstić information content (AvgIpc) is 2.38. The van der Waals surface area contributed by atoms with Gasteiger partial charge in [-0.3, -0.25) is 0 Å². The lowest BCUT2D eigenvalue weighted by Crippen LogP contribution is -2.37. The molecule has 0 aliphatic carbocycles. The summed E-state index contributed by atoms with van der Waals surface area (Å²) in [5.74, 6) is 0.708. The molecule has 1 aromatic rings. The molecule has 0 heterocycles.